The van der Waals surface area contributed by atoms with Crippen molar-refractivity contribution in [1.82, 2.24) is 5.32 Å². The van der Waals surface area contributed by atoms with E-state index in [2.05, 4.69) is 5.32 Å². The topological polar surface area (TPSA) is 89.8 Å². The van der Waals surface area contributed by atoms with Crippen LogP contribution in [0.1, 0.15) is 22.0 Å². The number of benzene rings is 1. The highest BCUT2D eigenvalue weighted by molar-refractivity contribution is 6.31. The molecule has 0 fully saturated rings. The van der Waals surface area contributed by atoms with E-state index in [9.17, 15) is 20.1 Å². The summed E-state index contributed by atoms with van der Waals surface area (Å²) in [5.41, 5.74) is 0.00515. The lowest BCUT2D eigenvalue weighted by atomic mass is 10.0. The zero-order valence-electron chi connectivity index (χ0n) is 9.22. The summed E-state index contributed by atoms with van der Waals surface area (Å²) in [6.45, 7) is 0.142. The molecule has 0 radical (unpaired) electrons. The molecule has 1 aromatic rings. The van der Waals surface area contributed by atoms with Gasteiger partial charge in [-0.15, -0.1) is 0 Å². The lowest BCUT2D eigenvalue weighted by Crippen LogP contribution is -2.29. The summed E-state index contributed by atoms with van der Waals surface area (Å²) in [6, 6.07) is 2.60. The van der Waals surface area contributed by atoms with Crippen LogP contribution in [0.5, 0.6) is 5.75 Å². The molecule has 0 spiro atoms. The molecule has 0 amide bonds. The van der Waals surface area contributed by atoms with Gasteiger partial charge in [-0.05, 0) is 19.2 Å². The molecule has 17 heavy (non-hydrogen) atoms. The first-order valence-corrected chi connectivity index (χ1v) is 5.37. The lowest BCUT2D eigenvalue weighted by molar-refractivity contribution is 0.0188. The summed E-state index contributed by atoms with van der Waals surface area (Å²) in [4.78, 5) is 10.7. The van der Waals surface area contributed by atoms with E-state index in [0.29, 0.717) is 6.29 Å². The number of hydrogen-bond donors (Lipinski definition) is 4. The van der Waals surface area contributed by atoms with E-state index in [4.69, 9.17) is 11.6 Å². The highest BCUT2D eigenvalue weighted by Gasteiger charge is 2.22. The third-order valence-electron chi connectivity index (χ3n) is 2.36. The summed E-state index contributed by atoms with van der Waals surface area (Å²) in [6.07, 6.45) is -1.99. The maximum Gasteiger partial charge on any atom is 0.153 e. The molecule has 0 bridgehead atoms. The molecule has 2 atom stereocenters. The molecule has 0 aliphatic heterocycles. The van der Waals surface area contributed by atoms with E-state index in [-0.39, 0.29) is 28.4 Å². The van der Waals surface area contributed by atoms with Crippen molar-refractivity contribution < 1.29 is 20.1 Å². The van der Waals surface area contributed by atoms with E-state index in [1.807, 2.05) is 0 Å². The largest absolute Gasteiger partial charge is 0.507 e. The van der Waals surface area contributed by atoms with Crippen molar-refractivity contribution in [2.75, 3.05) is 13.6 Å². The van der Waals surface area contributed by atoms with E-state index >= 15 is 0 Å². The monoisotopic (exact) mass is 259 g/mol. The van der Waals surface area contributed by atoms with Gasteiger partial charge in [0.1, 0.15) is 11.9 Å². The summed E-state index contributed by atoms with van der Waals surface area (Å²) in [5, 5.41) is 32.0. The van der Waals surface area contributed by atoms with Gasteiger partial charge in [-0.25, -0.2) is 0 Å². The number of aromatic hydroxyl groups is 1. The number of likely N-dealkylation sites (N-methyl/N-ethyl adjacent to an activating group) is 1. The molecule has 6 heteroatoms. The number of aliphatic hydroxyl groups is 2. The minimum Gasteiger partial charge on any atom is -0.507 e. The van der Waals surface area contributed by atoms with Crippen LogP contribution in [-0.4, -0.2) is 41.3 Å². The van der Waals surface area contributed by atoms with Crippen molar-refractivity contribution in [3.8, 4) is 5.75 Å². The summed E-state index contributed by atoms with van der Waals surface area (Å²) in [7, 11) is 1.62. The number of carbonyl (C=O) groups excluding carboxylic acids is 1. The minimum atomic E-state index is -1.32. The number of aldehydes is 1. The van der Waals surface area contributed by atoms with E-state index < -0.39 is 12.2 Å². The first-order valence-electron chi connectivity index (χ1n) is 4.99. The maximum atomic E-state index is 10.7. The number of hydrogen-bond acceptors (Lipinski definition) is 5. The van der Waals surface area contributed by atoms with Gasteiger partial charge in [0.25, 0.3) is 0 Å². The number of rotatable bonds is 5. The van der Waals surface area contributed by atoms with Crippen molar-refractivity contribution >= 4 is 17.9 Å². The van der Waals surface area contributed by atoms with Gasteiger partial charge >= 0.3 is 0 Å². The SMILES string of the molecule is CNCC(O)C(O)c1cc(Cl)cc(C=O)c1O. The van der Waals surface area contributed by atoms with Gasteiger partial charge in [0.15, 0.2) is 6.29 Å². The Kier molecular flexibility index (Phi) is 4.89. The van der Waals surface area contributed by atoms with Crippen LogP contribution in [0.25, 0.3) is 0 Å². The van der Waals surface area contributed by atoms with Crippen LogP contribution in [0.15, 0.2) is 12.1 Å². The first kappa shape index (κ1) is 13.9. The van der Waals surface area contributed by atoms with Crippen LogP contribution in [0.3, 0.4) is 0 Å². The third-order valence-corrected chi connectivity index (χ3v) is 2.58. The second-order valence-electron chi connectivity index (χ2n) is 3.62. The van der Waals surface area contributed by atoms with Crippen LogP contribution in [0, 0.1) is 0 Å². The molecule has 0 aromatic heterocycles. The molecule has 1 rings (SSSR count). The van der Waals surface area contributed by atoms with E-state index in [1.165, 1.54) is 12.1 Å². The van der Waals surface area contributed by atoms with Crippen molar-refractivity contribution in [3.05, 3.63) is 28.3 Å². The van der Waals surface area contributed by atoms with Gasteiger partial charge in [-0.1, -0.05) is 11.6 Å². The zero-order valence-corrected chi connectivity index (χ0v) is 9.98. The average molecular weight is 260 g/mol. The summed E-state index contributed by atoms with van der Waals surface area (Å²) in [5.74, 6) is -0.368. The summed E-state index contributed by atoms with van der Waals surface area (Å²) < 4.78 is 0. The molecule has 0 aliphatic carbocycles. The normalized spacial score (nSPS) is 14.4. The second kappa shape index (κ2) is 5.97. The predicted molar refractivity (Wildman–Crippen MR) is 63.4 cm³/mol. The fraction of sp³-hybridized carbons (Fsp3) is 0.364. The fourth-order valence-electron chi connectivity index (χ4n) is 1.49. The highest BCUT2D eigenvalue weighted by Crippen LogP contribution is 2.32. The smallest absolute Gasteiger partial charge is 0.153 e. The van der Waals surface area contributed by atoms with Crippen molar-refractivity contribution in [1.29, 1.82) is 0 Å². The number of nitrogens with one attached hydrogen (secondary N) is 1. The minimum absolute atomic E-state index is 0.0248. The Bertz CT molecular complexity index is 411. The van der Waals surface area contributed by atoms with E-state index in [1.54, 1.807) is 7.05 Å². The Morgan fingerprint density at radius 1 is 1.47 bits per heavy atom. The molecular weight excluding hydrogens is 246 g/mol. The van der Waals surface area contributed by atoms with Crippen molar-refractivity contribution in [2.45, 2.75) is 12.2 Å². The number of aliphatic hydroxyl groups excluding tert-OH is 2. The second-order valence-corrected chi connectivity index (χ2v) is 4.06. The van der Waals surface area contributed by atoms with Gasteiger partial charge in [0.2, 0.25) is 0 Å². The number of phenolic OH excluding ortho intramolecular Hbond substituents is 1. The molecule has 0 saturated carbocycles. The Labute approximate surface area is 104 Å². The molecule has 1 aromatic carbocycles. The van der Waals surface area contributed by atoms with Crippen LogP contribution >= 0.6 is 11.6 Å². The van der Waals surface area contributed by atoms with Gasteiger partial charge < -0.3 is 20.6 Å². The Morgan fingerprint density at radius 3 is 2.65 bits per heavy atom. The molecule has 0 heterocycles. The maximum absolute atomic E-state index is 10.7. The lowest BCUT2D eigenvalue weighted by Gasteiger charge is -2.19. The van der Waals surface area contributed by atoms with Crippen LogP contribution in [0.2, 0.25) is 5.02 Å². The quantitative estimate of drug-likeness (QED) is 0.577. The van der Waals surface area contributed by atoms with E-state index in [0.717, 1.165) is 0 Å². The first-order chi connectivity index (χ1) is 8.01. The Morgan fingerprint density at radius 2 is 2.12 bits per heavy atom. The molecule has 5 nitrogen and oxygen atoms in total. The summed E-state index contributed by atoms with van der Waals surface area (Å²) >= 11 is 5.75. The molecule has 0 aliphatic rings. The van der Waals surface area contributed by atoms with Crippen molar-refractivity contribution in [3.63, 3.8) is 0 Å². The Hall–Kier alpha value is -1.14. The third kappa shape index (κ3) is 3.17. The molecule has 94 valence electrons. The molecular formula is C11H14ClNO4. The van der Waals surface area contributed by atoms with Crippen LogP contribution < -0.4 is 5.32 Å². The zero-order chi connectivity index (χ0) is 13.0. The number of carbonyl (C=O) groups is 1. The standard InChI is InChI=1S/C11H14ClNO4/c1-13-4-9(15)11(17)8-3-7(12)2-6(5-14)10(8)16/h2-3,5,9,11,13,15-17H,4H2,1H3. The number of halogens is 1. The molecule has 0 saturated heterocycles. The molecule has 4 N–H and O–H groups in total. The van der Waals surface area contributed by atoms with Crippen molar-refractivity contribution in [2.24, 2.45) is 0 Å². The Balaban J connectivity index is 3.12. The van der Waals surface area contributed by atoms with Gasteiger partial charge in [0, 0.05) is 17.1 Å². The number of phenols is 1. The predicted octanol–water partition coefficient (Wildman–Crippen LogP) is 0.472. The van der Waals surface area contributed by atoms with Gasteiger partial charge in [0.05, 0.1) is 11.7 Å². The van der Waals surface area contributed by atoms with Crippen LogP contribution in [0.4, 0.5) is 0 Å². The fourth-order valence-corrected chi connectivity index (χ4v) is 1.72. The van der Waals surface area contributed by atoms with Crippen LogP contribution in [-0.2, 0) is 0 Å². The average Bonchev–Trinajstić information content (AvgIpc) is 2.31. The van der Waals surface area contributed by atoms with Gasteiger partial charge in [-0.3, -0.25) is 4.79 Å². The van der Waals surface area contributed by atoms with Gasteiger partial charge in [-0.2, -0.15) is 0 Å². The highest BCUT2D eigenvalue weighted by atomic mass is 35.5. The molecule has 2 unspecified atom stereocenters.